The van der Waals surface area contributed by atoms with Gasteiger partial charge in [-0.15, -0.1) is 0 Å². The number of hydrogen-bond acceptors (Lipinski definition) is 9. The average Bonchev–Trinajstić information content (AvgIpc) is 3.63. The van der Waals surface area contributed by atoms with Crippen LogP contribution in [-0.2, 0) is 21.5 Å². The minimum atomic E-state index is -3.55. The molecule has 0 amide bonds. The summed E-state index contributed by atoms with van der Waals surface area (Å²) in [5, 5.41) is 9.19. The Morgan fingerprint density at radius 3 is 2.47 bits per heavy atom. The van der Waals surface area contributed by atoms with Crippen LogP contribution in [0.1, 0.15) is 24.4 Å². The maximum atomic E-state index is 14.0. The quantitative estimate of drug-likeness (QED) is 0.106. The molecule has 4 aromatic heterocycles. The molecule has 268 valence electrons. The third-order valence-electron chi connectivity index (χ3n) is 8.60. The van der Waals surface area contributed by atoms with E-state index in [0.717, 1.165) is 34.7 Å². The number of hydrogen-bond donors (Lipinski definition) is 2. The van der Waals surface area contributed by atoms with Gasteiger partial charge in [-0.2, -0.15) is 5.10 Å². The van der Waals surface area contributed by atoms with Crippen molar-refractivity contribution in [2.45, 2.75) is 52.3 Å². The molecule has 6 aromatic rings. The van der Waals surface area contributed by atoms with Gasteiger partial charge < -0.3 is 19.5 Å². The highest BCUT2D eigenvalue weighted by molar-refractivity contribution is 7.92. The van der Waals surface area contributed by atoms with Crippen LogP contribution in [0.5, 0.6) is 0 Å². The number of para-hydroxylation sites is 1. The van der Waals surface area contributed by atoms with Gasteiger partial charge in [-0.05, 0) is 67.4 Å². The van der Waals surface area contributed by atoms with Crippen molar-refractivity contribution in [3.63, 3.8) is 0 Å². The second-order valence-electron chi connectivity index (χ2n) is 14.3. The van der Waals surface area contributed by atoms with Gasteiger partial charge in [0, 0.05) is 52.4 Å². The number of benzene rings is 2. The summed E-state index contributed by atoms with van der Waals surface area (Å²) < 4.78 is 38.6. The molecule has 4 heterocycles. The van der Waals surface area contributed by atoms with Gasteiger partial charge in [0.2, 0.25) is 10.0 Å². The van der Waals surface area contributed by atoms with Crippen LogP contribution in [0.25, 0.3) is 33.4 Å². The SMILES string of the molecule is Cc1ccn2nc([C@H](C)Nc3ncnc4c3c(-c3cc(NS(C)(=O)=O)cc(N(C)C)c3)cn4COCC[Si](C)(C)C)n(-c3ccccc3)c(=O)c12. The number of fused-ring (bicyclic) bond motifs is 2. The van der Waals surface area contributed by atoms with Crippen LogP contribution < -0.4 is 20.5 Å². The normalized spacial score (nSPS) is 12.8. The Kier molecular flexibility index (Phi) is 9.81. The van der Waals surface area contributed by atoms with Crippen molar-refractivity contribution in [3.8, 4) is 16.8 Å². The van der Waals surface area contributed by atoms with Crippen molar-refractivity contribution in [3.05, 3.63) is 95.1 Å². The van der Waals surface area contributed by atoms with E-state index in [-0.39, 0.29) is 12.3 Å². The number of rotatable bonds is 13. The van der Waals surface area contributed by atoms with Crippen molar-refractivity contribution in [2.24, 2.45) is 0 Å². The van der Waals surface area contributed by atoms with Crippen LogP contribution in [0.4, 0.5) is 17.2 Å². The van der Waals surface area contributed by atoms with Gasteiger partial charge in [-0.25, -0.2) is 22.9 Å². The van der Waals surface area contributed by atoms with Crippen LogP contribution in [0.3, 0.4) is 0 Å². The molecule has 0 aliphatic rings. The van der Waals surface area contributed by atoms with Gasteiger partial charge >= 0.3 is 0 Å². The van der Waals surface area contributed by atoms with Crippen molar-refractivity contribution >= 4 is 51.8 Å². The van der Waals surface area contributed by atoms with Crippen LogP contribution in [0.15, 0.2) is 78.1 Å². The predicted octanol–water partition coefficient (Wildman–Crippen LogP) is 6.13. The molecule has 0 radical (unpaired) electrons. The molecule has 0 saturated heterocycles. The summed E-state index contributed by atoms with van der Waals surface area (Å²) in [6.45, 7) is 11.7. The Morgan fingerprint density at radius 1 is 1.04 bits per heavy atom. The number of ether oxygens (including phenoxy) is 1. The Bertz CT molecular complexity index is 2380. The zero-order chi connectivity index (χ0) is 36.7. The first-order valence-electron chi connectivity index (χ1n) is 16.7. The highest BCUT2D eigenvalue weighted by Gasteiger charge is 2.24. The zero-order valence-corrected chi connectivity index (χ0v) is 32.1. The lowest BCUT2D eigenvalue weighted by molar-refractivity contribution is 0.0899. The van der Waals surface area contributed by atoms with E-state index in [0.29, 0.717) is 46.2 Å². The second-order valence-corrected chi connectivity index (χ2v) is 21.7. The fourth-order valence-electron chi connectivity index (χ4n) is 6.00. The summed E-state index contributed by atoms with van der Waals surface area (Å²) in [6.07, 6.45) is 6.39. The topological polar surface area (TPSA) is 141 Å². The molecule has 0 fully saturated rings. The maximum Gasteiger partial charge on any atom is 0.282 e. The molecule has 0 bridgehead atoms. The summed E-state index contributed by atoms with van der Waals surface area (Å²) in [7, 11) is -1.05. The van der Waals surface area contributed by atoms with E-state index >= 15 is 0 Å². The monoisotopic (exact) mass is 727 g/mol. The summed E-state index contributed by atoms with van der Waals surface area (Å²) in [4.78, 5) is 25.4. The average molecular weight is 728 g/mol. The Hall–Kier alpha value is -4.99. The third-order valence-corrected chi connectivity index (χ3v) is 10.9. The van der Waals surface area contributed by atoms with Crippen LogP contribution in [0.2, 0.25) is 25.7 Å². The molecule has 51 heavy (non-hydrogen) atoms. The van der Waals surface area contributed by atoms with E-state index in [1.54, 1.807) is 27.4 Å². The van der Waals surface area contributed by atoms with E-state index in [9.17, 15) is 13.2 Å². The molecule has 0 saturated carbocycles. The molecular weight excluding hydrogens is 683 g/mol. The molecule has 1 atom stereocenters. The first kappa shape index (κ1) is 35.8. The fraction of sp³-hybridized carbons (Fsp3) is 0.333. The van der Waals surface area contributed by atoms with Gasteiger partial charge in [-0.1, -0.05) is 37.8 Å². The summed E-state index contributed by atoms with van der Waals surface area (Å²) >= 11 is 0. The molecule has 0 aliphatic heterocycles. The number of sulfonamides is 1. The van der Waals surface area contributed by atoms with E-state index in [2.05, 4.69) is 29.7 Å². The van der Waals surface area contributed by atoms with E-state index in [1.165, 1.54) is 6.33 Å². The lowest BCUT2D eigenvalue weighted by Gasteiger charge is -2.20. The van der Waals surface area contributed by atoms with Gasteiger partial charge in [0.05, 0.1) is 29.1 Å². The van der Waals surface area contributed by atoms with Crippen LogP contribution in [0, 0.1) is 6.92 Å². The van der Waals surface area contributed by atoms with Crippen molar-refractivity contribution in [2.75, 3.05) is 41.9 Å². The highest BCUT2D eigenvalue weighted by Crippen LogP contribution is 2.38. The van der Waals surface area contributed by atoms with E-state index < -0.39 is 24.1 Å². The maximum absolute atomic E-state index is 14.0. The summed E-state index contributed by atoms with van der Waals surface area (Å²) in [5.41, 5.74) is 5.27. The first-order valence-corrected chi connectivity index (χ1v) is 22.3. The van der Waals surface area contributed by atoms with Crippen molar-refractivity contribution < 1.29 is 13.2 Å². The van der Waals surface area contributed by atoms with Crippen molar-refractivity contribution in [1.29, 1.82) is 0 Å². The van der Waals surface area contributed by atoms with E-state index in [4.69, 9.17) is 19.8 Å². The van der Waals surface area contributed by atoms with Crippen LogP contribution in [-0.4, -0.2) is 72.2 Å². The number of anilines is 3. The number of aromatic nitrogens is 6. The Morgan fingerprint density at radius 2 is 1.78 bits per heavy atom. The minimum absolute atomic E-state index is 0.177. The summed E-state index contributed by atoms with van der Waals surface area (Å²) in [5.74, 6) is 1.01. The molecule has 0 spiro atoms. The number of aryl methyl sites for hydroxylation is 1. The molecule has 13 nitrogen and oxygen atoms in total. The predicted molar refractivity (Wildman–Crippen MR) is 207 cm³/mol. The molecule has 0 unspecified atom stereocenters. The molecule has 2 N–H and O–H groups in total. The largest absolute Gasteiger partial charge is 0.378 e. The Balaban J connectivity index is 1.50. The van der Waals surface area contributed by atoms with E-state index in [1.807, 2.05) is 86.1 Å². The Labute approximate surface area is 299 Å². The molecule has 2 aromatic carbocycles. The lowest BCUT2D eigenvalue weighted by Crippen LogP contribution is -2.29. The smallest absolute Gasteiger partial charge is 0.282 e. The molecule has 6 rings (SSSR count). The first-order chi connectivity index (χ1) is 24.1. The number of nitrogens with one attached hydrogen (secondary N) is 2. The van der Waals surface area contributed by atoms with Crippen LogP contribution >= 0.6 is 0 Å². The van der Waals surface area contributed by atoms with Gasteiger partial charge in [0.25, 0.3) is 5.56 Å². The highest BCUT2D eigenvalue weighted by atomic mass is 32.2. The van der Waals surface area contributed by atoms with Gasteiger partial charge in [0.1, 0.15) is 30.0 Å². The molecule has 15 heteroatoms. The zero-order valence-electron chi connectivity index (χ0n) is 30.3. The fourth-order valence-corrected chi connectivity index (χ4v) is 7.30. The van der Waals surface area contributed by atoms with Gasteiger partial charge in [-0.3, -0.25) is 14.1 Å². The molecular formula is C36H45N9O4SSi. The van der Waals surface area contributed by atoms with Crippen molar-refractivity contribution in [1.82, 2.24) is 28.7 Å². The standard InChI is InChI=1S/C36H45N9O4SSi/c1-24-14-15-44-32(24)36(46)45(28-12-10-9-11-13-28)34(40-44)25(2)39-33-31-30(26-18-27(41-50(5,47)48)20-29(19-26)42(3)4)21-43(35(31)38-22-37-33)23-49-16-17-51(6,7)8/h9-15,18-22,25,41H,16-17,23H2,1-8H3,(H,37,38,39)/t25-/m0/s1. The summed E-state index contributed by atoms with van der Waals surface area (Å²) in [6, 6.07) is 17.4. The second kappa shape index (κ2) is 14.0. The molecule has 0 aliphatic carbocycles. The van der Waals surface area contributed by atoms with Gasteiger partial charge in [0.15, 0.2) is 5.82 Å². The lowest BCUT2D eigenvalue weighted by atomic mass is 10.0. The third kappa shape index (κ3) is 7.85. The minimum Gasteiger partial charge on any atom is -0.378 e. The number of nitrogens with zero attached hydrogens (tertiary/aromatic N) is 7.